The Morgan fingerprint density at radius 1 is 1.18 bits per heavy atom. The Bertz CT molecular complexity index is 916. The van der Waals surface area contributed by atoms with Gasteiger partial charge >= 0.3 is 0 Å². The molecule has 4 atom stereocenters. The van der Waals surface area contributed by atoms with Crippen molar-refractivity contribution in [2.24, 2.45) is 5.92 Å². The van der Waals surface area contributed by atoms with Gasteiger partial charge in [0.25, 0.3) is 0 Å². The van der Waals surface area contributed by atoms with Crippen LogP contribution < -0.4 is 4.72 Å². The minimum atomic E-state index is -1.09. The van der Waals surface area contributed by atoms with Crippen molar-refractivity contribution < 1.29 is 17.8 Å². The number of likely N-dealkylation sites (tertiary alicyclic amines) is 1. The SMILES string of the molecule is CS(=O)NC1CCN(C(=O)C2CC2c2ccccc2-c2cc(F)cc(F)c2)C1. The van der Waals surface area contributed by atoms with Gasteiger partial charge in [-0.15, -0.1) is 0 Å². The van der Waals surface area contributed by atoms with Crippen molar-refractivity contribution in [2.45, 2.75) is 24.8 Å². The lowest BCUT2D eigenvalue weighted by molar-refractivity contribution is -0.131. The van der Waals surface area contributed by atoms with Gasteiger partial charge in [-0.1, -0.05) is 24.3 Å². The Morgan fingerprint density at radius 3 is 2.61 bits per heavy atom. The van der Waals surface area contributed by atoms with Crippen LogP contribution in [0.3, 0.4) is 0 Å². The minimum absolute atomic E-state index is 0.0577. The highest BCUT2D eigenvalue weighted by Crippen LogP contribution is 2.51. The zero-order valence-electron chi connectivity index (χ0n) is 15.5. The molecular weight excluding hydrogens is 382 g/mol. The molecule has 1 aliphatic carbocycles. The molecule has 1 saturated carbocycles. The van der Waals surface area contributed by atoms with Gasteiger partial charge in [-0.25, -0.2) is 17.7 Å². The molecule has 1 saturated heterocycles. The Balaban J connectivity index is 1.50. The van der Waals surface area contributed by atoms with E-state index < -0.39 is 22.6 Å². The number of nitrogens with one attached hydrogen (secondary N) is 1. The summed E-state index contributed by atoms with van der Waals surface area (Å²) >= 11 is 0. The summed E-state index contributed by atoms with van der Waals surface area (Å²) in [6.07, 6.45) is 3.12. The first-order chi connectivity index (χ1) is 13.4. The highest BCUT2D eigenvalue weighted by Gasteiger charge is 2.47. The van der Waals surface area contributed by atoms with Gasteiger partial charge < -0.3 is 4.90 Å². The molecule has 2 aromatic carbocycles. The average Bonchev–Trinajstić information content (AvgIpc) is 3.31. The van der Waals surface area contributed by atoms with Crippen LogP contribution >= 0.6 is 0 Å². The Labute approximate surface area is 165 Å². The first-order valence-electron chi connectivity index (χ1n) is 9.36. The molecular formula is C21H22F2N2O2S. The van der Waals surface area contributed by atoms with Gasteiger partial charge in [0.15, 0.2) is 0 Å². The van der Waals surface area contributed by atoms with Crippen molar-refractivity contribution in [3.63, 3.8) is 0 Å². The van der Waals surface area contributed by atoms with Crippen LogP contribution in [0.5, 0.6) is 0 Å². The molecule has 0 bridgehead atoms. The van der Waals surface area contributed by atoms with E-state index in [2.05, 4.69) is 4.72 Å². The second-order valence-corrected chi connectivity index (χ2v) is 8.68. The first kappa shape index (κ1) is 19.2. The third-order valence-corrected chi connectivity index (χ3v) is 6.14. The Kier molecular flexibility index (Phi) is 5.29. The molecule has 0 aromatic heterocycles. The summed E-state index contributed by atoms with van der Waals surface area (Å²) in [4.78, 5) is 14.7. The lowest BCUT2D eigenvalue weighted by atomic mass is 9.95. The minimum Gasteiger partial charge on any atom is -0.341 e. The summed E-state index contributed by atoms with van der Waals surface area (Å²) in [5, 5.41) is 0. The number of carbonyl (C=O) groups is 1. The summed E-state index contributed by atoms with van der Waals surface area (Å²) in [5.41, 5.74) is 2.21. The van der Waals surface area contributed by atoms with Crippen LogP contribution in [0.25, 0.3) is 11.1 Å². The summed E-state index contributed by atoms with van der Waals surface area (Å²) in [5.74, 6) is -1.17. The molecule has 2 aliphatic rings. The van der Waals surface area contributed by atoms with Gasteiger partial charge in [-0.2, -0.15) is 0 Å². The fourth-order valence-corrected chi connectivity index (χ4v) is 4.79. The summed E-state index contributed by atoms with van der Waals surface area (Å²) < 4.78 is 41.6. The lowest BCUT2D eigenvalue weighted by Gasteiger charge is -2.17. The molecule has 148 valence electrons. The summed E-state index contributed by atoms with van der Waals surface area (Å²) in [6.45, 7) is 1.23. The molecule has 2 aromatic rings. The monoisotopic (exact) mass is 404 g/mol. The third-order valence-electron chi connectivity index (χ3n) is 5.47. The van der Waals surface area contributed by atoms with Gasteiger partial charge in [-0.05, 0) is 47.6 Å². The molecule has 4 nitrogen and oxygen atoms in total. The molecule has 1 aliphatic heterocycles. The van der Waals surface area contributed by atoms with Crippen molar-refractivity contribution in [1.29, 1.82) is 0 Å². The topological polar surface area (TPSA) is 49.4 Å². The van der Waals surface area contributed by atoms with Crippen LogP contribution in [0.4, 0.5) is 8.78 Å². The van der Waals surface area contributed by atoms with Gasteiger partial charge in [0.2, 0.25) is 5.91 Å². The van der Waals surface area contributed by atoms with E-state index in [1.165, 1.54) is 12.1 Å². The number of nitrogens with zero attached hydrogens (tertiary/aromatic N) is 1. The maximum atomic E-state index is 13.7. The first-order valence-corrected chi connectivity index (χ1v) is 10.9. The van der Waals surface area contributed by atoms with E-state index in [0.29, 0.717) is 18.7 Å². The van der Waals surface area contributed by atoms with E-state index in [9.17, 15) is 17.8 Å². The van der Waals surface area contributed by atoms with Gasteiger partial charge in [0.1, 0.15) is 11.6 Å². The number of benzene rings is 2. The van der Waals surface area contributed by atoms with Crippen molar-refractivity contribution in [2.75, 3.05) is 19.3 Å². The second-order valence-electron chi connectivity index (χ2n) is 7.54. The zero-order valence-corrected chi connectivity index (χ0v) is 16.3. The number of amides is 1. The predicted molar refractivity (Wildman–Crippen MR) is 105 cm³/mol. The van der Waals surface area contributed by atoms with E-state index in [0.717, 1.165) is 30.0 Å². The van der Waals surface area contributed by atoms with Crippen LogP contribution in [0.15, 0.2) is 42.5 Å². The molecule has 1 N–H and O–H groups in total. The molecule has 2 fully saturated rings. The van der Waals surface area contributed by atoms with Crippen LogP contribution in [0, 0.1) is 17.6 Å². The normalized spacial score (nSPS) is 25.0. The predicted octanol–water partition coefficient (Wildman–Crippen LogP) is 3.22. The van der Waals surface area contributed by atoms with E-state index >= 15 is 0 Å². The van der Waals surface area contributed by atoms with E-state index in [1.54, 1.807) is 6.26 Å². The standard InChI is InChI=1S/C21H22F2N2O2S/c1-28(27)24-16-6-7-25(12-16)21(26)20-11-19(20)18-5-3-2-4-17(18)13-8-14(22)10-15(23)9-13/h2-5,8-10,16,19-20,24H,6-7,11-12H2,1H3. The fraction of sp³-hybridized carbons (Fsp3) is 0.381. The van der Waals surface area contributed by atoms with E-state index in [4.69, 9.17) is 0 Å². The largest absolute Gasteiger partial charge is 0.341 e. The van der Waals surface area contributed by atoms with E-state index in [1.807, 2.05) is 29.2 Å². The molecule has 0 radical (unpaired) electrons. The number of carbonyl (C=O) groups excluding carboxylic acids is 1. The lowest BCUT2D eigenvalue weighted by Crippen LogP contribution is -2.36. The Hall–Kier alpha value is -2.12. The Morgan fingerprint density at radius 2 is 1.89 bits per heavy atom. The smallest absolute Gasteiger partial charge is 0.226 e. The van der Waals surface area contributed by atoms with Crippen LogP contribution in [-0.2, 0) is 15.8 Å². The van der Waals surface area contributed by atoms with Crippen LogP contribution in [0.2, 0.25) is 0 Å². The van der Waals surface area contributed by atoms with Crippen LogP contribution in [0.1, 0.15) is 24.3 Å². The number of rotatable bonds is 5. The fourth-order valence-electron chi connectivity index (χ4n) is 4.13. The van der Waals surface area contributed by atoms with Gasteiger partial charge in [0, 0.05) is 37.4 Å². The molecule has 7 heteroatoms. The van der Waals surface area contributed by atoms with Crippen molar-refractivity contribution in [3.8, 4) is 11.1 Å². The molecule has 1 amide bonds. The number of hydrogen-bond donors (Lipinski definition) is 1. The second kappa shape index (κ2) is 7.72. The summed E-state index contributed by atoms with van der Waals surface area (Å²) in [6, 6.07) is 11.1. The van der Waals surface area contributed by atoms with Crippen LogP contribution in [-0.4, -0.2) is 40.4 Å². The van der Waals surface area contributed by atoms with E-state index in [-0.39, 0.29) is 23.8 Å². The third kappa shape index (κ3) is 4.00. The molecule has 28 heavy (non-hydrogen) atoms. The molecule has 1 heterocycles. The summed E-state index contributed by atoms with van der Waals surface area (Å²) in [7, 11) is -1.09. The van der Waals surface area contributed by atoms with Crippen molar-refractivity contribution >= 4 is 16.9 Å². The molecule has 4 rings (SSSR count). The molecule has 0 spiro atoms. The quantitative estimate of drug-likeness (QED) is 0.832. The highest BCUT2D eigenvalue weighted by atomic mass is 32.2. The maximum absolute atomic E-state index is 13.7. The maximum Gasteiger partial charge on any atom is 0.226 e. The van der Waals surface area contributed by atoms with Crippen molar-refractivity contribution in [3.05, 3.63) is 59.7 Å². The highest BCUT2D eigenvalue weighted by molar-refractivity contribution is 7.82. The average molecular weight is 404 g/mol. The van der Waals surface area contributed by atoms with Gasteiger partial charge in [-0.3, -0.25) is 4.79 Å². The van der Waals surface area contributed by atoms with Gasteiger partial charge in [0.05, 0.1) is 11.0 Å². The molecule has 4 unspecified atom stereocenters. The zero-order chi connectivity index (χ0) is 19.8. The number of halogens is 2. The number of hydrogen-bond acceptors (Lipinski definition) is 2. The van der Waals surface area contributed by atoms with Crippen molar-refractivity contribution in [1.82, 2.24) is 9.62 Å².